The molecule has 1 aliphatic rings. The quantitative estimate of drug-likeness (QED) is 0.675. The maximum absolute atomic E-state index is 13.2. The second-order valence-electron chi connectivity index (χ2n) is 5.18. The number of halogens is 1. The minimum Gasteiger partial charge on any atom is -0.392 e. The maximum Gasteiger partial charge on any atom is 0.241 e. The van der Waals surface area contributed by atoms with Crippen molar-refractivity contribution < 1.29 is 22.7 Å². The fourth-order valence-corrected chi connectivity index (χ4v) is 3.22. The van der Waals surface area contributed by atoms with Gasteiger partial charge < -0.3 is 9.84 Å². The van der Waals surface area contributed by atoms with Gasteiger partial charge >= 0.3 is 0 Å². The highest BCUT2D eigenvalue weighted by Gasteiger charge is 2.21. The molecule has 0 heterocycles. The lowest BCUT2D eigenvalue weighted by atomic mass is 10.2. The Hall–Kier alpha value is -1.02. The largest absolute Gasteiger partial charge is 0.392 e. The van der Waals surface area contributed by atoms with Gasteiger partial charge in [0.05, 0.1) is 11.5 Å². The summed E-state index contributed by atoms with van der Waals surface area (Å²) in [6, 6.07) is 3.30. The van der Waals surface area contributed by atoms with Crippen LogP contribution in [0.4, 0.5) is 4.39 Å². The molecule has 1 aromatic rings. The molecule has 2 rings (SSSR count). The van der Waals surface area contributed by atoms with Crippen molar-refractivity contribution >= 4 is 10.0 Å². The molecule has 0 spiro atoms. The Bertz CT molecular complexity index is 572. The molecule has 0 radical (unpaired) electrons. The van der Waals surface area contributed by atoms with Gasteiger partial charge in [0.1, 0.15) is 5.82 Å². The molecule has 21 heavy (non-hydrogen) atoms. The van der Waals surface area contributed by atoms with Crippen LogP contribution in [0.5, 0.6) is 0 Å². The highest BCUT2D eigenvalue weighted by Crippen LogP contribution is 2.28. The van der Waals surface area contributed by atoms with Gasteiger partial charge in [-0.2, -0.15) is 0 Å². The molecule has 7 heteroatoms. The molecule has 1 aliphatic carbocycles. The first-order chi connectivity index (χ1) is 10.0. The van der Waals surface area contributed by atoms with Crippen LogP contribution in [0.15, 0.2) is 23.1 Å². The van der Waals surface area contributed by atoms with Crippen molar-refractivity contribution in [2.45, 2.75) is 30.8 Å². The number of hydrogen-bond acceptors (Lipinski definition) is 4. The third kappa shape index (κ3) is 5.03. The molecule has 2 N–H and O–H groups in total. The van der Waals surface area contributed by atoms with Crippen molar-refractivity contribution in [1.82, 2.24) is 4.72 Å². The van der Waals surface area contributed by atoms with Gasteiger partial charge in [-0.05, 0) is 42.9 Å². The molecule has 5 nitrogen and oxygen atoms in total. The maximum atomic E-state index is 13.2. The number of sulfonamides is 1. The Kier molecular flexibility index (Phi) is 5.69. The van der Waals surface area contributed by atoms with E-state index in [1.165, 1.54) is 18.9 Å². The fourth-order valence-electron chi connectivity index (χ4n) is 1.90. The average molecular weight is 317 g/mol. The Morgan fingerprint density at radius 3 is 2.81 bits per heavy atom. The van der Waals surface area contributed by atoms with Crippen molar-refractivity contribution in [1.29, 1.82) is 0 Å². The second-order valence-corrected chi connectivity index (χ2v) is 6.92. The average Bonchev–Trinajstić information content (AvgIpc) is 3.27. The van der Waals surface area contributed by atoms with Crippen LogP contribution in [0.1, 0.15) is 24.8 Å². The van der Waals surface area contributed by atoms with Crippen LogP contribution in [-0.4, -0.2) is 33.3 Å². The van der Waals surface area contributed by atoms with Crippen molar-refractivity contribution in [3.63, 3.8) is 0 Å². The van der Waals surface area contributed by atoms with Gasteiger partial charge in [-0.3, -0.25) is 0 Å². The second kappa shape index (κ2) is 7.31. The van der Waals surface area contributed by atoms with Crippen molar-refractivity contribution in [2.75, 3.05) is 19.8 Å². The standard InChI is InChI=1S/C14H20FNO4S/c15-13-5-4-12(9-17)14(8-13)21(18,19)16-6-1-7-20-10-11-2-3-11/h4-5,8,11,16-17H,1-3,6-7,9-10H2. The molecular weight excluding hydrogens is 297 g/mol. The van der Waals surface area contributed by atoms with Gasteiger partial charge in [0.25, 0.3) is 0 Å². The first kappa shape index (κ1) is 16.4. The molecule has 118 valence electrons. The lowest BCUT2D eigenvalue weighted by molar-refractivity contribution is 0.123. The summed E-state index contributed by atoms with van der Waals surface area (Å²) in [6.07, 6.45) is 2.99. The highest BCUT2D eigenvalue weighted by atomic mass is 32.2. The zero-order valence-corrected chi connectivity index (χ0v) is 12.5. The molecular formula is C14H20FNO4S. The Morgan fingerprint density at radius 2 is 2.14 bits per heavy atom. The molecule has 0 atom stereocenters. The molecule has 0 aromatic heterocycles. The third-order valence-corrected chi connectivity index (χ3v) is 4.84. The predicted molar refractivity (Wildman–Crippen MR) is 75.7 cm³/mol. The van der Waals surface area contributed by atoms with Gasteiger partial charge in [-0.25, -0.2) is 17.5 Å². The summed E-state index contributed by atoms with van der Waals surface area (Å²) in [5.74, 6) is 0.0291. The number of aliphatic hydroxyl groups excluding tert-OH is 1. The summed E-state index contributed by atoms with van der Waals surface area (Å²) >= 11 is 0. The van der Waals surface area contributed by atoms with Crippen molar-refractivity contribution in [2.24, 2.45) is 5.92 Å². The van der Waals surface area contributed by atoms with Crippen LogP contribution in [0, 0.1) is 11.7 Å². The molecule has 0 unspecified atom stereocenters. The van der Waals surface area contributed by atoms with E-state index in [2.05, 4.69) is 4.72 Å². The first-order valence-corrected chi connectivity index (χ1v) is 8.48. The summed E-state index contributed by atoms with van der Waals surface area (Å²) in [5, 5.41) is 9.14. The zero-order valence-electron chi connectivity index (χ0n) is 11.7. The van der Waals surface area contributed by atoms with Crippen LogP contribution < -0.4 is 4.72 Å². The monoisotopic (exact) mass is 317 g/mol. The van der Waals surface area contributed by atoms with Gasteiger partial charge in [-0.15, -0.1) is 0 Å². The van der Waals surface area contributed by atoms with Crippen molar-refractivity contribution in [3.8, 4) is 0 Å². The lowest BCUT2D eigenvalue weighted by Crippen LogP contribution is -2.26. The van der Waals surface area contributed by atoms with Gasteiger partial charge in [-0.1, -0.05) is 6.07 Å². The van der Waals surface area contributed by atoms with E-state index in [1.807, 2.05) is 0 Å². The number of benzene rings is 1. The molecule has 0 saturated heterocycles. The Labute approximate surface area is 124 Å². The summed E-state index contributed by atoms with van der Waals surface area (Å²) in [4.78, 5) is -0.219. The van der Waals surface area contributed by atoms with E-state index >= 15 is 0 Å². The third-order valence-electron chi connectivity index (χ3n) is 3.30. The van der Waals surface area contributed by atoms with E-state index in [0.717, 1.165) is 18.7 Å². The highest BCUT2D eigenvalue weighted by molar-refractivity contribution is 7.89. The van der Waals surface area contributed by atoms with Gasteiger partial charge in [0, 0.05) is 19.8 Å². The SMILES string of the molecule is O=S(=O)(NCCCOCC1CC1)c1cc(F)ccc1CO. The van der Waals surface area contributed by atoms with E-state index < -0.39 is 22.4 Å². The van der Waals surface area contributed by atoms with Crippen LogP contribution >= 0.6 is 0 Å². The van der Waals surface area contributed by atoms with Crippen LogP contribution in [-0.2, 0) is 21.4 Å². The smallest absolute Gasteiger partial charge is 0.241 e. The Morgan fingerprint density at radius 1 is 1.38 bits per heavy atom. The van der Waals surface area contributed by atoms with E-state index in [0.29, 0.717) is 18.9 Å². The van der Waals surface area contributed by atoms with Crippen LogP contribution in [0.3, 0.4) is 0 Å². The Balaban J connectivity index is 1.84. The normalized spacial score (nSPS) is 15.3. The van der Waals surface area contributed by atoms with E-state index in [4.69, 9.17) is 9.84 Å². The fraction of sp³-hybridized carbons (Fsp3) is 0.571. The molecule has 0 bridgehead atoms. The van der Waals surface area contributed by atoms with E-state index in [9.17, 15) is 12.8 Å². The zero-order chi connectivity index (χ0) is 15.3. The summed E-state index contributed by atoms with van der Waals surface area (Å²) < 4.78 is 45.2. The first-order valence-electron chi connectivity index (χ1n) is 6.99. The summed E-state index contributed by atoms with van der Waals surface area (Å²) in [6.45, 7) is 0.996. The van der Waals surface area contributed by atoms with Crippen LogP contribution in [0.2, 0.25) is 0 Å². The minimum atomic E-state index is -3.82. The number of rotatable bonds is 9. The molecule has 1 aromatic carbocycles. The van der Waals surface area contributed by atoms with Crippen LogP contribution in [0.25, 0.3) is 0 Å². The van der Waals surface area contributed by atoms with Crippen molar-refractivity contribution in [3.05, 3.63) is 29.6 Å². The lowest BCUT2D eigenvalue weighted by Gasteiger charge is -2.10. The van der Waals surface area contributed by atoms with E-state index in [1.54, 1.807) is 0 Å². The minimum absolute atomic E-state index is 0.175. The molecule has 0 amide bonds. The molecule has 1 saturated carbocycles. The predicted octanol–water partition coefficient (Wildman–Crippen LogP) is 1.41. The topological polar surface area (TPSA) is 75.6 Å². The number of nitrogens with one attached hydrogen (secondary N) is 1. The number of ether oxygens (including phenoxy) is 1. The summed E-state index contributed by atoms with van der Waals surface area (Å²) in [7, 11) is -3.82. The number of aliphatic hydroxyl groups is 1. The van der Waals surface area contributed by atoms with E-state index in [-0.39, 0.29) is 17.0 Å². The molecule has 0 aliphatic heterocycles. The van der Waals surface area contributed by atoms with Gasteiger partial charge in [0.15, 0.2) is 0 Å². The number of hydrogen-bond donors (Lipinski definition) is 2. The summed E-state index contributed by atoms with van der Waals surface area (Å²) in [5.41, 5.74) is 0.175. The molecule has 1 fully saturated rings. The van der Waals surface area contributed by atoms with Gasteiger partial charge in [0.2, 0.25) is 10.0 Å².